The lowest BCUT2D eigenvalue weighted by molar-refractivity contribution is 0.471. The number of halogens is 1. The zero-order valence-corrected chi connectivity index (χ0v) is 13.0. The molecule has 0 saturated carbocycles. The first-order valence-electron chi connectivity index (χ1n) is 7.22. The summed E-state index contributed by atoms with van der Waals surface area (Å²) in [5.41, 5.74) is 3.12. The van der Waals surface area contributed by atoms with Crippen molar-refractivity contribution in [2.75, 3.05) is 7.05 Å². The van der Waals surface area contributed by atoms with Crippen molar-refractivity contribution in [3.8, 4) is 11.5 Å². The molecule has 0 unspecified atom stereocenters. The van der Waals surface area contributed by atoms with Crippen molar-refractivity contribution in [3.05, 3.63) is 58.9 Å². The lowest BCUT2D eigenvalue weighted by Gasteiger charge is -2.13. The Morgan fingerprint density at radius 3 is 2.57 bits per heavy atom. The Morgan fingerprint density at radius 2 is 1.90 bits per heavy atom. The maximum atomic E-state index is 13.7. The van der Waals surface area contributed by atoms with Gasteiger partial charge in [-0.05, 0) is 54.8 Å². The Bertz CT molecular complexity index is 623. The minimum Gasteiger partial charge on any atom is -0.457 e. The summed E-state index contributed by atoms with van der Waals surface area (Å²) >= 11 is 0. The smallest absolute Gasteiger partial charge is 0.130 e. The first-order valence-corrected chi connectivity index (χ1v) is 7.22. The Balaban J connectivity index is 2.31. The molecular weight excluding hydrogens is 265 g/mol. The molecule has 0 radical (unpaired) electrons. The molecule has 0 aromatic heterocycles. The Kier molecular flexibility index (Phi) is 4.97. The van der Waals surface area contributed by atoms with Crippen LogP contribution in [0, 0.1) is 12.7 Å². The van der Waals surface area contributed by atoms with E-state index in [-0.39, 0.29) is 5.82 Å². The fourth-order valence-corrected chi connectivity index (χ4v) is 2.20. The molecule has 0 aliphatic heterocycles. The Labute approximate surface area is 126 Å². The first kappa shape index (κ1) is 15.5. The van der Waals surface area contributed by atoms with Crippen molar-refractivity contribution in [2.45, 2.75) is 33.2 Å². The van der Waals surface area contributed by atoms with Crippen LogP contribution in [0.5, 0.6) is 11.5 Å². The van der Waals surface area contributed by atoms with Gasteiger partial charge in [-0.2, -0.15) is 0 Å². The third-order valence-corrected chi connectivity index (χ3v) is 3.42. The molecule has 0 atom stereocenters. The van der Waals surface area contributed by atoms with Crippen LogP contribution in [0.4, 0.5) is 4.39 Å². The van der Waals surface area contributed by atoms with Crippen LogP contribution in [0.25, 0.3) is 0 Å². The zero-order valence-electron chi connectivity index (χ0n) is 13.0. The van der Waals surface area contributed by atoms with Crippen LogP contribution in [-0.2, 0) is 6.54 Å². The SMILES string of the molecule is CNCc1cc(F)cc(Oc2cc(C(C)C)ccc2C)c1. The summed E-state index contributed by atoms with van der Waals surface area (Å²) in [6.45, 7) is 6.88. The van der Waals surface area contributed by atoms with E-state index in [2.05, 4.69) is 25.2 Å². The molecule has 112 valence electrons. The highest BCUT2D eigenvalue weighted by Gasteiger charge is 2.08. The number of hydrogen-bond donors (Lipinski definition) is 1. The minimum atomic E-state index is -0.282. The normalized spacial score (nSPS) is 11.0. The van der Waals surface area contributed by atoms with Gasteiger partial charge in [0.15, 0.2) is 0 Å². The highest BCUT2D eigenvalue weighted by molar-refractivity contribution is 5.42. The van der Waals surface area contributed by atoms with Gasteiger partial charge in [0.05, 0.1) is 0 Å². The largest absolute Gasteiger partial charge is 0.457 e. The molecule has 3 heteroatoms. The lowest BCUT2D eigenvalue weighted by atomic mass is 10.0. The molecule has 0 fully saturated rings. The standard InChI is InChI=1S/C18H22FNO/c1-12(2)15-6-5-13(3)18(9-15)21-17-8-14(11-20-4)7-16(19)10-17/h5-10,12,20H,11H2,1-4H3. The number of benzene rings is 2. The quantitative estimate of drug-likeness (QED) is 0.855. The zero-order chi connectivity index (χ0) is 15.4. The summed E-state index contributed by atoms with van der Waals surface area (Å²) in [6.07, 6.45) is 0. The van der Waals surface area contributed by atoms with Gasteiger partial charge < -0.3 is 10.1 Å². The summed E-state index contributed by atoms with van der Waals surface area (Å²) in [5, 5.41) is 3.02. The van der Waals surface area contributed by atoms with Crippen LogP contribution in [0.3, 0.4) is 0 Å². The van der Waals surface area contributed by atoms with E-state index in [9.17, 15) is 4.39 Å². The van der Waals surface area contributed by atoms with Gasteiger partial charge >= 0.3 is 0 Å². The summed E-state index contributed by atoms with van der Waals surface area (Å²) in [5.74, 6) is 1.46. The first-order chi connectivity index (χ1) is 9.99. The van der Waals surface area contributed by atoms with Gasteiger partial charge in [-0.15, -0.1) is 0 Å². The topological polar surface area (TPSA) is 21.3 Å². The van der Waals surface area contributed by atoms with E-state index in [1.54, 1.807) is 0 Å². The number of hydrogen-bond acceptors (Lipinski definition) is 2. The maximum Gasteiger partial charge on any atom is 0.130 e. The van der Waals surface area contributed by atoms with Gasteiger partial charge in [0, 0.05) is 12.6 Å². The summed E-state index contributed by atoms with van der Waals surface area (Å²) in [6, 6.07) is 11.0. The lowest BCUT2D eigenvalue weighted by Crippen LogP contribution is -2.05. The van der Waals surface area contributed by atoms with Crippen LogP contribution in [0.15, 0.2) is 36.4 Å². The van der Waals surface area contributed by atoms with Crippen LogP contribution in [0.1, 0.15) is 36.5 Å². The number of nitrogens with one attached hydrogen (secondary N) is 1. The molecule has 0 aliphatic carbocycles. The molecule has 0 heterocycles. The Hall–Kier alpha value is -1.87. The average molecular weight is 287 g/mol. The number of ether oxygens (including phenoxy) is 1. The van der Waals surface area contributed by atoms with E-state index < -0.39 is 0 Å². The molecule has 2 aromatic carbocycles. The van der Waals surface area contributed by atoms with Crippen molar-refractivity contribution in [2.24, 2.45) is 0 Å². The van der Waals surface area contributed by atoms with Crippen molar-refractivity contribution in [1.29, 1.82) is 0 Å². The van der Waals surface area contributed by atoms with Gasteiger partial charge in [0.2, 0.25) is 0 Å². The average Bonchev–Trinajstić information content (AvgIpc) is 2.40. The van der Waals surface area contributed by atoms with Gasteiger partial charge in [-0.1, -0.05) is 26.0 Å². The third kappa shape index (κ3) is 4.05. The molecule has 0 amide bonds. The molecule has 1 N–H and O–H groups in total. The highest BCUT2D eigenvalue weighted by atomic mass is 19.1. The van der Waals surface area contributed by atoms with E-state index in [1.165, 1.54) is 17.7 Å². The molecule has 2 rings (SSSR count). The van der Waals surface area contributed by atoms with Crippen molar-refractivity contribution >= 4 is 0 Å². The minimum absolute atomic E-state index is 0.282. The second-order valence-corrected chi connectivity index (χ2v) is 5.61. The van der Waals surface area contributed by atoms with Crippen LogP contribution < -0.4 is 10.1 Å². The Morgan fingerprint density at radius 1 is 1.14 bits per heavy atom. The molecule has 2 aromatic rings. The molecule has 0 spiro atoms. The summed E-state index contributed by atoms with van der Waals surface area (Å²) in [4.78, 5) is 0. The molecule has 2 nitrogen and oxygen atoms in total. The monoisotopic (exact) mass is 287 g/mol. The molecular formula is C18H22FNO. The van der Waals surface area contributed by atoms with Gasteiger partial charge in [0.1, 0.15) is 17.3 Å². The summed E-state index contributed by atoms with van der Waals surface area (Å²) in [7, 11) is 1.84. The highest BCUT2D eigenvalue weighted by Crippen LogP contribution is 2.29. The van der Waals surface area contributed by atoms with Gasteiger partial charge in [0.25, 0.3) is 0 Å². The van der Waals surface area contributed by atoms with E-state index in [4.69, 9.17) is 4.74 Å². The van der Waals surface area contributed by atoms with Crippen LogP contribution in [0.2, 0.25) is 0 Å². The fraction of sp³-hybridized carbons (Fsp3) is 0.333. The molecule has 0 bridgehead atoms. The third-order valence-electron chi connectivity index (χ3n) is 3.42. The number of rotatable bonds is 5. The van der Waals surface area contributed by atoms with E-state index in [0.29, 0.717) is 18.2 Å². The second-order valence-electron chi connectivity index (χ2n) is 5.61. The second kappa shape index (κ2) is 6.72. The molecule has 0 saturated heterocycles. The predicted octanol–water partition coefficient (Wildman–Crippen LogP) is 4.77. The molecule has 21 heavy (non-hydrogen) atoms. The van der Waals surface area contributed by atoms with Gasteiger partial charge in [-0.25, -0.2) is 4.39 Å². The van der Waals surface area contributed by atoms with E-state index in [0.717, 1.165) is 16.9 Å². The maximum absolute atomic E-state index is 13.7. The van der Waals surface area contributed by atoms with Crippen LogP contribution in [-0.4, -0.2) is 7.05 Å². The van der Waals surface area contributed by atoms with Crippen molar-refractivity contribution in [3.63, 3.8) is 0 Å². The molecule has 0 aliphatic rings. The van der Waals surface area contributed by atoms with Crippen LogP contribution >= 0.6 is 0 Å². The van der Waals surface area contributed by atoms with E-state index in [1.807, 2.05) is 32.2 Å². The van der Waals surface area contributed by atoms with Crippen molar-refractivity contribution < 1.29 is 9.13 Å². The predicted molar refractivity (Wildman–Crippen MR) is 84.5 cm³/mol. The fourth-order valence-electron chi connectivity index (χ4n) is 2.20. The summed E-state index contributed by atoms with van der Waals surface area (Å²) < 4.78 is 19.6. The number of aryl methyl sites for hydroxylation is 1. The van der Waals surface area contributed by atoms with E-state index >= 15 is 0 Å². The van der Waals surface area contributed by atoms with Crippen molar-refractivity contribution in [1.82, 2.24) is 5.32 Å². The van der Waals surface area contributed by atoms with Gasteiger partial charge in [-0.3, -0.25) is 0 Å².